The van der Waals surface area contributed by atoms with Gasteiger partial charge in [0.2, 0.25) is 0 Å². The Hall–Kier alpha value is -0.120. The fraction of sp³-hybridized carbons (Fsp3) is 1.00. The Kier molecular flexibility index (Phi) is 5.46. The highest BCUT2D eigenvalue weighted by atomic mass is 15.3. The SMILES string of the molecule is CCCC(NC)N(C)C(C)N. The van der Waals surface area contributed by atoms with Crippen molar-refractivity contribution in [3.8, 4) is 0 Å². The fourth-order valence-corrected chi connectivity index (χ4v) is 1.11. The third-order valence-corrected chi connectivity index (χ3v) is 2.03. The maximum Gasteiger partial charge on any atom is 0.0605 e. The number of hydrogen-bond donors (Lipinski definition) is 2. The van der Waals surface area contributed by atoms with E-state index >= 15 is 0 Å². The standard InChI is InChI=1S/C8H21N3/c1-5-6-8(10-3)11(4)7(2)9/h7-8,10H,5-6,9H2,1-4H3. The molecule has 0 spiro atoms. The van der Waals surface area contributed by atoms with Gasteiger partial charge in [0.05, 0.1) is 12.3 Å². The van der Waals surface area contributed by atoms with Gasteiger partial charge < -0.3 is 11.1 Å². The van der Waals surface area contributed by atoms with E-state index in [2.05, 4.69) is 17.1 Å². The minimum absolute atomic E-state index is 0.124. The van der Waals surface area contributed by atoms with Crippen molar-refractivity contribution in [2.24, 2.45) is 5.73 Å². The Morgan fingerprint density at radius 1 is 1.55 bits per heavy atom. The number of hydrogen-bond acceptors (Lipinski definition) is 3. The zero-order chi connectivity index (χ0) is 8.85. The van der Waals surface area contributed by atoms with E-state index in [0.29, 0.717) is 6.17 Å². The molecule has 68 valence electrons. The first-order chi connectivity index (χ1) is 5.13. The Balaban J connectivity index is 3.81. The van der Waals surface area contributed by atoms with E-state index in [1.807, 2.05) is 21.0 Å². The highest BCUT2D eigenvalue weighted by Crippen LogP contribution is 2.02. The number of nitrogens with two attached hydrogens (primary N) is 1. The normalized spacial score (nSPS) is 16.9. The van der Waals surface area contributed by atoms with Gasteiger partial charge in [0.25, 0.3) is 0 Å². The zero-order valence-corrected chi connectivity index (χ0v) is 8.09. The molecule has 0 aliphatic rings. The van der Waals surface area contributed by atoms with E-state index in [4.69, 9.17) is 5.73 Å². The molecule has 0 aliphatic heterocycles. The Morgan fingerprint density at radius 2 is 2.09 bits per heavy atom. The summed E-state index contributed by atoms with van der Waals surface area (Å²) in [4.78, 5) is 2.14. The van der Waals surface area contributed by atoms with Gasteiger partial charge in [-0.25, -0.2) is 0 Å². The second-order valence-corrected chi connectivity index (χ2v) is 3.00. The van der Waals surface area contributed by atoms with Crippen LogP contribution in [0.2, 0.25) is 0 Å². The van der Waals surface area contributed by atoms with Gasteiger partial charge in [-0.15, -0.1) is 0 Å². The van der Waals surface area contributed by atoms with E-state index in [-0.39, 0.29) is 6.17 Å². The van der Waals surface area contributed by atoms with Crippen molar-refractivity contribution >= 4 is 0 Å². The Morgan fingerprint density at radius 3 is 2.36 bits per heavy atom. The molecule has 0 heterocycles. The molecule has 3 heteroatoms. The van der Waals surface area contributed by atoms with Crippen LogP contribution in [0.3, 0.4) is 0 Å². The van der Waals surface area contributed by atoms with Crippen molar-refractivity contribution in [1.82, 2.24) is 10.2 Å². The van der Waals surface area contributed by atoms with Gasteiger partial charge in [0, 0.05) is 0 Å². The molecule has 0 aromatic carbocycles. The Labute approximate surface area is 69.9 Å². The van der Waals surface area contributed by atoms with Gasteiger partial charge in [-0.1, -0.05) is 13.3 Å². The zero-order valence-electron chi connectivity index (χ0n) is 8.09. The minimum Gasteiger partial charge on any atom is -0.316 e. The minimum atomic E-state index is 0.124. The van der Waals surface area contributed by atoms with Crippen molar-refractivity contribution in [3.63, 3.8) is 0 Å². The van der Waals surface area contributed by atoms with Gasteiger partial charge in [0.15, 0.2) is 0 Å². The van der Waals surface area contributed by atoms with Crippen LogP contribution in [-0.2, 0) is 0 Å². The number of nitrogens with zero attached hydrogens (tertiary/aromatic N) is 1. The maximum absolute atomic E-state index is 5.73. The number of nitrogens with one attached hydrogen (secondary N) is 1. The van der Waals surface area contributed by atoms with E-state index in [1.165, 1.54) is 6.42 Å². The van der Waals surface area contributed by atoms with Crippen LogP contribution in [0.1, 0.15) is 26.7 Å². The first-order valence-electron chi connectivity index (χ1n) is 4.28. The summed E-state index contributed by atoms with van der Waals surface area (Å²) in [5, 5.41) is 3.23. The van der Waals surface area contributed by atoms with Crippen LogP contribution in [0, 0.1) is 0 Å². The first-order valence-corrected chi connectivity index (χ1v) is 4.28. The molecule has 0 saturated heterocycles. The summed E-state index contributed by atoms with van der Waals surface area (Å²) >= 11 is 0. The molecule has 0 aromatic rings. The lowest BCUT2D eigenvalue weighted by atomic mass is 10.2. The molecule has 3 N–H and O–H groups in total. The van der Waals surface area contributed by atoms with Crippen LogP contribution in [-0.4, -0.2) is 31.3 Å². The lowest BCUT2D eigenvalue weighted by Crippen LogP contribution is -2.49. The van der Waals surface area contributed by atoms with Crippen molar-refractivity contribution in [2.75, 3.05) is 14.1 Å². The molecule has 0 amide bonds. The highest BCUT2D eigenvalue weighted by Gasteiger charge is 2.13. The summed E-state index contributed by atoms with van der Waals surface area (Å²) < 4.78 is 0. The molecule has 2 atom stereocenters. The lowest BCUT2D eigenvalue weighted by molar-refractivity contribution is 0.155. The molecule has 0 saturated carbocycles. The smallest absolute Gasteiger partial charge is 0.0605 e. The summed E-state index contributed by atoms with van der Waals surface area (Å²) in [6.45, 7) is 4.18. The van der Waals surface area contributed by atoms with Crippen LogP contribution in [0.15, 0.2) is 0 Å². The van der Waals surface area contributed by atoms with Gasteiger partial charge in [0.1, 0.15) is 0 Å². The van der Waals surface area contributed by atoms with Crippen LogP contribution in [0.25, 0.3) is 0 Å². The summed E-state index contributed by atoms with van der Waals surface area (Å²) in [6, 6.07) is 0. The summed E-state index contributed by atoms with van der Waals surface area (Å²) in [7, 11) is 4.01. The summed E-state index contributed by atoms with van der Waals surface area (Å²) in [5.74, 6) is 0. The van der Waals surface area contributed by atoms with Crippen LogP contribution in [0.5, 0.6) is 0 Å². The van der Waals surface area contributed by atoms with Crippen molar-refractivity contribution in [3.05, 3.63) is 0 Å². The molecule has 0 aliphatic carbocycles. The van der Waals surface area contributed by atoms with E-state index in [9.17, 15) is 0 Å². The highest BCUT2D eigenvalue weighted by molar-refractivity contribution is 4.66. The summed E-state index contributed by atoms with van der Waals surface area (Å²) in [6.07, 6.45) is 2.87. The monoisotopic (exact) mass is 159 g/mol. The molecule has 0 fully saturated rings. The molecule has 0 aromatic heterocycles. The van der Waals surface area contributed by atoms with Crippen molar-refractivity contribution in [1.29, 1.82) is 0 Å². The molecule has 2 unspecified atom stereocenters. The third kappa shape index (κ3) is 3.70. The molecule has 11 heavy (non-hydrogen) atoms. The predicted molar refractivity (Wildman–Crippen MR) is 49.2 cm³/mol. The predicted octanol–water partition coefficient (Wildman–Crippen LogP) is 0.569. The van der Waals surface area contributed by atoms with Gasteiger partial charge >= 0.3 is 0 Å². The number of rotatable bonds is 5. The molecule has 0 rings (SSSR count). The summed E-state index contributed by atoms with van der Waals surface area (Å²) in [5.41, 5.74) is 5.73. The molecule has 0 bridgehead atoms. The Bertz CT molecular complexity index is 93.3. The third-order valence-electron chi connectivity index (χ3n) is 2.03. The second-order valence-electron chi connectivity index (χ2n) is 3.00. The lowest BCUT2D eigenvalue weighted by Gasteiger charge is -2.30. The topological polar surface area (TPSA) is 41.3 Å². The van der Waals surface area contributed by atoms with Gasteiger partial charge in [-0.05, 0) is 27.4 Å². The van der Waals surface area contributed by atoms with Crippen LogP contribution < -0.4 is 11.1 Å². The fourth-order valence-electron chi connectivity index (χ4n) is 1.11. The van der Waals surface area contributed by atoms with Crippen molar-refractivity contribution < 1.29 is 0 Å². The molecule has 3 nitrogen and oxygen atoms in total. The second kappa shape index (κ2) is 5.52. The van der Waals surface area contributed by atoms with Crippen molar-refractivity contribution in [2.45, 2.75) is 39.0 Å². The van der Waals surface area contributed by atoms with Gasteiger partial charge in [-0.3, -0.25) is 4.90 Å². The average molecular weight is 159 g/mol. The van der Waals surface area contributed by atoms with Crippen LogP contribution >= 0.6 is 0 Å². The molecular formula is C8H21N3. The first kappa shape index (κ1) is 10.9. The molecule has 0 radical (unpaired) electrons. The maximum atomic E-state index is 5.73. The van der Waals surface area contributed by atoms with E-state index in [0.717, 1.165) is 6.42 Å². The van der Waals surface area contributed by atoms with Gasteiger partial charge in [-0.2, -0.15) is 0 Å². The van der Waals surface area contributed by atoms with E-state index in [1.54, 1.807) is 0 Å². The molecular weight excluding hydrogens is 138 g/mol. The average Bonchev–Trinajstić information content (AvgIpc) is 1.98. The van der Waals surface area contributed by atoms with Crippen LogP contribution in [0.4, 0.5) is 0 Å². The quantitative estimate of drug-likeness (QED) is 0.576. The van der Waals surface area contributed by atoms with E-state index < -0.39 is 0 Å². The largest absolute Gasteiger partial charge is 0.316 e.